The number of furan rings is 1. The molecule has 8 nitrogen and oxygen atoms in total. The second-order valence-electron chi connectivity index (χ2n) is 6.49. The maximum atomic E-state index is 12.3. The zero-order valence-electron chi connectivity index (χ0n) is 13.2. The summed E-state index contributed by atoms with van der Waals surface area (Å²) >= 11 is 0. The molecule has 0 aromatic carbocycles. The van der Waals surface area contributed by atoms with E-state index in [1.54, 1.807) is 12.3 Å². The highest BCUT2D eigenvalue weighted by Gasteiger charge is 2.59. The molecular formula is C14H21N3O5S. The van der Waals surface area contributed by atoms with Crippen LogP contribution in [0.3, 0.4) is 0 Å². The van der Waals surface area contributed by atoms with Gasteiger partial charge in [0.25, 0.3) is 10.2 Å². The zero-order valence-corrected chi connectivity index (χ0v) is 14.0. The fourth-order valence-corrected chi connectivity index (χ4v) is 4.80. The summed E-state index contributed by atoms with van der Waals surface area (Å²) in [6, 6.07) is 3.65. The van der Waals surface area contributed by atoms with Crippen molar-refractivity contribution in [2.24, 2.45) is 11.3 Å². The van der Waals surface area contributed by atoms with Gasteiger partial charge in [-0.25, -0.2) is 0 Å². The van der Waals surface area contributed by atoms with Gasteiger partial charge in [-0.2, -0.15) is 17.0 Å². The van der Waals surface area contributed by atoms with E-state index in [0.717, 1.165) is 10.1 Å². The second kappa shape index (κ2) is 5.59. The fourth-order valence-electron chi connectivity index (χ4n) is 3.58. The van der Waals surface area contributed by atoms with E-state index in [9.17, 15) is 18.3 Å². The first-order valence-electron chi connectivity index (χ1n) is 7.41. The van der Waals surface area contributed by atoms with Crippen molar-refractivity contribution in [1.29, 1.82) is 0 Å². The van der Waals surface area contributed by atoms with E-state index in [1.807, 2.05) is 11.0 Å². The molecule has 0 spiro atoms. The third kappa shape index (κ3) is 2.67. The standard InChI is InChI=1S/C14H21N3O5S/c1-15(2)23(20,21)17-7-11-6-16(8-12-4-3-5-22-12)9-14(11,10-17)13(18)19/h3-5,11H,6-10H2,1-2H3,(H,18,19)/t11-,14-/m0/s1. The Morgan fingerprint density at radius 1 is 1.43 bits per heavy atom. The van der Waals surface area contributed by atoms with Gasteiger partial charge in [-0.05, 0) is 12.1 Å². The van der Waals surface area contributed by atoms with E-state index in [-0.39, 0.29) is 19.0 Å². The van der Waals surface area contributed by atoms with Crippen LogP contribution in [0.2, 0.25) is 0 Å². The van der Waals surface area contributed by atoms with Crippen molar-refractivity contribution in [2.45, 2.75) is 6.54 Å². The largest absolute Gasteiger partial charge is 0.481 e. The van der Waals surface area contributed by atoms with Crippen molar-refractivity contribution >= 4 is 16.2 Å². The summed E-state index contributed by atoms with van der Waals surface area (Å²) in [5.41, 5.74) is -1.05. The molecule has 23 heavy (non-hydrogen) atoms. The minimum atomic E-state index is -3.59. The lowest BCUT2D eigenvalue weighted by Crippen LogP contribution is -2.44. The third-order valence-electron chi connectivity index (χ3n) is 4.82. The predicted octanol–water partition coefficient (Wildman–Crippen LogP) is -0.0956. The van der Waals surface area contributed by atoms with Gasteiger partial charge in [0.2, 0.25) is 0 Å². The summed E-state index contributed by atoms with van der Waals surface area (Å²) in [6.45, 7) is 1.67. The van der Waals surface area contributed by atoms with Gasteiger partial charge in [-0.3, -0.25) is 9.69 Å². The van der Waals surface area contributed by atoms with Crippen LogP contribution in [0, 0.1) is 11.3 Å². The molecule has 1 N–H and O–H groups in total. The Kier molecular flexibility index (Phi) is 3.99. The number of carbonyl (C=O) groups is 1. The van der Waals surface area contributed by atoms with Gasteiger partial charge in [0.1, 0.15) is 5.76 Å². The van der Waals surface area contributed by atoms with E-state index in [0.29, 0.717) is 19.6 Å². The molecule has 2 saturated heterocycles. The Bertz CT molecular complexity index is 687. The van der Waals surface area contributed by atoms with Crippen molar-refractivity contribution in [3.8, 4) is 0 Å². The van der Waals surface area contributed by atoms with E-state index in [2.05, 4.69) is 0 Å². The van der Waals surface area contributed by atoms with Crippen LogP contribution in [0.5, 0.6) is 0 Å². The minimum Gasteiger partial charge on any atom is -0.481 e. The molecule has 3 heterocycles. The number of fused-ring (bicyclic) bond motifs is 1. The van der Waals surface area contributed by atoms with Crippen LogP contribution in [0.1, 0.15) is 5.76 Å². The Morgan fingerprint density at radius 2 is 2.17 bits per heavy atom. The van der Waals surface area contributed by atoms with E-state index in [1.165, 1.54) is 18.4 Å². The molecule has 2 aliphatic rings. The molecule has 0 amide bonds. The number of carboxylic acids is 1. The molecule has 0 unspecified atom stereocenters. The molecule has 3 rings (SSSR count). The van der Waals surface area contributed by atoms with Crippen molar-refractivity contribution in [3.63, 3.8) is 0 Å². The van der Waals surface area contributed by atoms with Crippen LogP contribution in [0.25, 0.3) is 0 Å². The SMILES string of the molecule is CN(C)S(=O)(=O)N1C[C@@H]2CN(Cc3ccco3)C[C@]2(C(=O)O)C1. The maximum Gasteiger partial charge on any atom is 0.312 e. The lowest BCUT2D eigenvalue weighted by atomic mass is 9.81. The van der Waals surface area contributed by atoms with Gasteiger partial charge in [0.15, 0.2) is 0 Å². The number of hydrogen-bond acceptors (Lipinski definition) is 5. The summed E-state index contributed by atoms with van der Waals surface area (Å²) in [6.07, 6.45) is 1.59. The average Bonchev–Trinajstić information content (AvgIpc) is 3.12. The molecular weight excluding hydrogens is 322 g/mol. The summed E-state index contributed by atoms with van der Waals surface area (Å²) in [4.78, 5) is 13.9. The Hall–Kier alpha value is -1.42. The third-order valence-corrected chi connectivity index (χ3v) is 6.68. The maximum absolute atomic E-state index is 12.3. The molecule has 0 radical (unpaired) electrons. The second-order valence-corrected chi connectivity index (χ2v) is 8.63. The first kappa shape index (κ1) is 16.4. The first-order valence-corrected chi connectivity index (χ1v) is 8.81. The highest BCUT2D eigenvalue weighted by atomic mass is 32.2. The van der Waals surface area contributed by atoms with Crippen LogP contribution >= 0.6 is 0 Å². The summed E-state index contributed by atoms with van der Waals surface area (Å²) < 4.78 is 32.3. The average molecular weight is 343 g/mol. The topological polar surface area (TPSA) is 94.3 Å². The minimum absolute atomic E-state index is 0.0160. The molecule has 0 saturated carbocycles. The number of hydrogen-bond donors (Lipinski definition) is 1. The van der Waals surface area contributed by atoms with Gasteiger partial charge in [0, 0.05) is 46.2 Å². The van der Waals surface area contributed by atoms with Crippen LogP contribution in [0.4, 0.5) is 0 Å². The molecule has 9 heteroatoms. The van der Waals surface area contributed by atoms with E-state index < -0.39 is 21.6 Å². The van der Waals surface area contributed by atoms with Crippen molar-refractivity contribution in [2.75, 3.05) is 40.3 Å². The molecule has 0 bridgehead atoms. The normalized spacial score (nSPS) is 29.3. The molecule has 2 atom stereocenters. The Labute approximate surface area is 135 Å². The number of carboxylic acid groups (broad SMARTS) is 1. The van der Waals surface area contributed by atoms with Crippen molar-refractivity contribution in [1.82, 2.24) is 13.5 Å². The van der Waals surface area contributed by atoms with Crippen LogP contribution in [0.15, 0.2) is 22.8 Å². The summed E-state index contributed by atoms with van der Waals surface area (Å²) in [7, 11) is -0.675. The smallest absolute Gasteiger partial charge is 0.312 e. The predicted molar refractivity (Wildman–Crippen MR) is 81.7 cm³/mol. The lowest BCUT2D eigenvalue weighted by molar-refractivity contribution is -0.148. The van der Waals surface area contributed by atoms with E-state index >= 15 is 0 Å². The molecule has 1 aromatic heterocycles. The molecule has 2 aliphatic heterocycles. The van der Waals surface area contributed by atoms with Gasteiger partial charge >= 0.3 is 5.97 Å². The molecule has 128 valence electrons. The first-order chi connectivity index (χ1) is 10.8. The number of nitrogens with zero attached hydrogens (tertiary/aromatic N) is 3. The van der Waals surface area contributed by atoms with Crippen molar-refractivity contribution in [3.05, 3.63) is 24.2 Å². The molecule has 0 aliphatic carbocycles. The number of likely N-dealkylation sites (tertiary alicyclic amines) is 1. The number of rotatable bonds is 5. The van der Waals surface area contributed by atoms with Gasteiger partial charge in [0.05, 0.1) is 18.2 Å². The van der Waals surface area contributed by atoms with Crippen LogP contribution < -0.4 is 0 Å². The van der Waals surface area contributed by atoms with Gasteiger partial charge in [-0.15, -0.1) is 0 Å². The summed E-state index contributed by atoms with van der Waals surface area (Å²) in [5, 5.41) is 9.75. The van der Waals surface area contributed by atoms with E-state index in [4.69, 9.17) is 4.42 Å². The van der Waals surface area contributed by atoms with Crippen LogP contribution in [-0.4, -0.2) is 73.3 Å². The quantitative estimate of drug-likeness (QED) is 0.803. The highest BCUT2D eigenvalue weighted by molar-refractivity contribution is 7.86. The Balaban J connectivity index is 1.79. The zero-order chi connectivity index (χ0) is 16.8. The molecule has 1 aromatic rings. The monoisotopic (exact) mass is 343 g/mol. The Morgan fingerprint density at radius 3 is 2.70 bits per heavy atom. The molecule has 2 fully saturated rings. The summed E-state index contributed by atoms with van der Waals surface area (Å²) in [5.74, 6) is -0.367. The van der Waals surface area contributed by atoms with Crippen LogP contribution in [-0.2, 0) is 21.5 Å². The fraction of sp³-hybridized carbons (Fsp3) is 0.643. The highest BCUT2D eigenvalue weighted by Crippen LogP contribution is 2.44. The van der Waals surface area contributed by atoms with Crippen molar-refractivity contribution < 1.29 is 22.7 Å². The van der Waals surface area contributed by atoms with Gasteiger partial charge < -0.3 is 9.52 Å². The lowest BCUT2D eigenvalue weighted by Gasteiger charge is -2.26. The van der Waals surface area contributed by atoms with Gasteiger partial charge in [-0.1, -0.05) is 0 Å². The number of aliphatic carboxylic acids is 1.